The van der Waals surface area contributed by atoms with Gasteiger partial charge in [0.05, 0.1) is 17.7 Å². The first-order valence-electron chi connectivity index (χ1n) is 10.5. The Hall–Kier alpha value is -2.82. The fourth-order valence-electron chi connectivity index (χ4n) is 4.63. The summed E-state index contributed by atoms with van der Waals surface area (Å²) in [5.41, 5.74) is 4.67. The Morgan fingerprint density at radius 2 is 1.69 bits per heavy atom. The van der Waals surface area contributed by atoms with Crippen LogP contribution in [0.5, 0.6) is 0 Å². The van der Waals surface area contributed by atoms with Gasteiger partial charge >= 0.3 is 0 Å². The summed E-state index contributed by atoms with van der Waals surface area (Å²) in [4.78, 5) is 29.9. The molecule has 0 saturated carbocycles. The molecule has 0 unspecified atom stereocenters. The first-order chi connectivity index (χ1) is 13.9. The summed E-state index contributed by atoms with van der Waals surface area (Å²) in [5, 5.41) is 3.28. The molecule has 0 bridgehead atoms. The van der Waals surface area contributed by atoms with Crippen LogP contribution in [0.25, 0.3) is 0 Å². The van der Waals surface area contributed by atoms with Gasteiger partial charge < -0.3 is 15.1 Å². The lowest BCUT2D eigenvalue weighted by Gasteiger charge is -2.52. The van der Waals surface area contributed by atoms with Crippen LogP contribution in [-0.4, -0.2) is 42.0 Å². The van der Waals surface area contributed by atoms with Gasteiger partial charge in [-0.3, -0.25) is 9.59 Å². The number of carbonyl (C=O) groups excluding carboxylic acids is 2. The predicted molar refractivity (Wildman–Crippen MR) is 115 cm³/mol. The number of amides is 2. The van der Waals surface area contributed by atoms with Gasteiger partial charge in [0, 0.05) is 32.5 Å². The summed E-state index contributed by atoms with van der Waals surface area (Å²) in [6.45, 7) is 8.30. The van der Waals surface area contributed by atoms with Gasteiger partial charge in [-0.2, -0.15) is 0 Å². The molecule has 2 aromatic carbocycles. The smallest absolute Gasteiger partial charge is 0.255 e. The molecule has 1 spiro atoms. The van der Waals surface area contributed by atoms with E-state index in [4.69, 9.17) is 0 Å². The summed E-state index contributed by atoms with van der Waals surface area (Å²) in [5.74, 6) is 0.151. The summed E-state index contributed by atoms with van der Waals surface area (Å²) in [7, 11) is 0. The van der Waals surface area contributed by atoms with Gasteiger partial charge in [-0.25, -0.2) is 0 Å². The van der Waals surface area contributed by atoms with Crippen molar-refractivity contribution in [3.05, 3.63) is 64.7 Å². The fraction of sp³-hybridized carbons (Fsp3) is 0.417. The summed E-state index contributed by atoms with van der Waals surface area (Å²) in [6.07, 6.45) is 1.90. The van der Waals surface area contributed by atoms with Gasteiger partial charge in [0.25, 0.3) is 5.91 Å². The van der Waals surface area contributed by atoms with E-state index in [1.165, 1.54) is 5.56 Å². The number of carbonyl (C=O) groups is 2. The Morgan fingerprint density at radius 1 is 1.03 bits per heavy atom. The lowest BCUT2D eigenvalue weighted by molar-refractivity contribution is -0.132. The minimum atomic E-state index is -0.408. The monoisotopic (exact) mass is 391 g/mol. The van der Waals surface area contributed by atoms with Crippen LogP contribution in [0.3, 0.4) is 0 Å². The van der Waals surface area contributed by atoms with E-state index in [9.17, 15) is 9.59 Å². The Morgan fingerprint density at radius 3 is 2.34 bits per heavy atom. The van der Waals surface area contributed by atoms with Crippen molar-refractivity contribution in [2.45, 2.75) is 45.7 Å². The van der Waals surface area contributed by atoms with Crippen LogP contribution in [0.1, 0.15) is 46.8 Å². The molecule has 0 aliphatic carbocycles. The van der Waals surface area contributed by atoms with Crippen molar-refractivity contribution < 1.29 is 9.59 Å². The van der Waals surface area contributed by atoms with E-state index < -0.39 is 5.66 Å². The maximum atomic E-state index is 12.8. The van der Waals surface area contributed by atoms with Crippen LogP contribution in [0.15, 0.2) is 42.5 Å². The third kappa shape index (κ3) is 3.61. The highest BCUT2D eigenvalue weighted by Gasteiger charge is 2.45. The molecular weight excluding hydrogens is 362 g/mol. The van der Waals surface area contributed by atoms with E-state index in [-0.39, 0.29) is 11.8 Å². The van der Waals surface area contributed by atoms with E-state index in [0.29, 0.717) is 19.5 Å². The zero-order chi connectivity index (χ0) is 20.6. The number of benzene rings is 2. The number of aryl methyl sites for hydroxylation is 2. The van der Waals surface area contributed by atoms with E-state index in [1.54, 1.807) is 0 Å². The fourth-order valence-corrected chi connectivity index (χ4v) is 4.63. The second kappa shape index (κ2) is 7.54. The van der Waals surface area contributed by atoms with Gasteiger partial charge in [0.2, 0.25) is 5.91 Å². The largest absolute Gasteiger partial charge is 0.348 e. The number of piperidine rings is 1. The lowest BCUT2D eigenvalue weighted by Crippen LogP contribution is -2.68. The molecule has 4 rings (SSSR count). The van der Waals surface area contributed by atoms with E-state index in [0.717, 1.165) is 41.8 Å². The highest BCUT2D eigenvalue weighted by atomic mass is 16.2. The van der Waals surface area contributed by atoms with Crippen molar-refractivity contribution in [2.75, 3.05) is 24.5 Å². The maximum Gasteiger partial charge on any atom is 0.255 e. The number of anilines is 1. The van der Waals surface area contributed by atoms with Crippen molar-refractivity contribution in [2.24, 2.45) is 0 Å². The van der Waals surface area contributed by atoms with Crippen molar-refractivity contribution in [3.63, 3.8) is 0 Å². The van der Waals surface area contributed by atoms with Crippen LogP contribution < -0.4 is 10.2 Å². The molecule has 29 heavy (non-hydrogen) atoms. The van der Waals surface area contributed by atoms with Crippen LogP contribution >= 0.6 is 0 Å². The molecule has 2 amide bonds. The van der Waals surface area contributed by atoms with Crippen molar-refractivity contribution >= 4 is 17.5 Å². The van der Waals surface area contributed by atoms with E-state index >= 15 is 0 Å². The molecule has 0 atom stereocenters. The minimum Gasteiger partial charge on any atom is -0.348 e. The molecule has 5 heteroatoms. The molecule has 2 aliphatic heterocycles. The average Bonchev–Trinajstić information content (AvgIpc) is 2.71. The highest BCUT2D eigenvalue weighted by Crippen LogP contribution is 2.37. The Labute approximate surface area is 172 Å². The zero-order valence-corrected chi connectivity index (χ0v) is 17.5. The SMILES string of the molecule is CCN1c2ccc(C)cc2C(=O)NC12CCN(C(=O)Cc1ccc(C)cc1)CC2. The molecule has 5 nitrogen and oxygen atoms in total. The van der Waals surface area contributed by atoms with Crippen LogP contribution in [0.2, 0.25) is 0 Å². The molecule has 0 radical (unpaired) electrons. The Bertz CT molecular complexity index is 928. The van der Waals surface area contributed by atoms with Crippen LogP contribution in [0.4, 0.5) is 5.69 Å². The first-order valence-corrected chi connectivity index (χ1v) is 10.5. The normalized spacial score (nSPS) is 17.8. The molecule has 0 aromatic heterocycles. The summed E-state index contributed by atoms with van der Waals surface area (Å²) >= 11 is 0. The van der Waals surface area contributed by atoms with Crippen LogP contribution in [0, 0.1) is 13.8 Å². The second-order valence-corrected chi connectivity index (χ2v) is 8.29. The third-order valence-corrected chi connectivity index (χ3v) is 6.29. The number of fused-ring (bicyclic) bond motifs is 1. The van der Waals surface area contributed by atoms with Gasteiger partial charge in [-0.05, 0) is 38.5 Å². The number of likely N-dealkylation sites (tertiary alicyclic amines) is 1. The average molecular weight is 392 g/mol. The van der Waals surface area contributed by atoms with Crippen molar-refractivity contribution in [3.8, 4) is 0 Å². The van der Waals surface area contributed by atoms with E-state index in [1.807, 2.05) is 49.1 Å². The zero-order valence-electron chi connectivity index (χ0n) is 17.5. The van der Waals surface area contributed by atoms with Gasteiger partial charge in [-0.15, -0.1) is 0 Å². The predicted octanol–water partition coefficient (Wildman–Crippen LogP) is 3.43. The lowest BCUT2D eigenvalue weighted by atomic mass is 9.89. The van der Waals surface area contributed by atoms with Gasteiger partial charge in [0.1, 0.15) is 5.66 Å². The molecule has 1 saturated heterocycles. The first kappa shape index (κ1) is 19.5. The summed E-state index contributed by atoms with van der Waals surface area (Å²) < 4.78 is 0. The van der Waals surface area contributed by atoms with Crippen molar-refractivity contribution in [1.29, 1.82) is 0 Å². The molecule has 2 aromatic rings. The molecule has 1 fully saturated rings. The number of nitrogens with one attached hydrogen (secondary N) is 1. The number of rotatable bonds is 3. The standard InChI is InChI=1S/C24H29N3O2/c1-4-27-21-10-7-18(3)15-20(21)23(29)25-24(27)11-13-26(14-12-24)22(28)16-19-8-5-17(2)6-9-19/h5-10,15H,4,11-14,16H2,1-3H3,(H,25,29). The summed E-state index contributed by atoms with van der Waals surface area (Å²) in [6, 6.07) is 14.2. The number of nitrogens with zero attached hydrogens (tertiary/aromatic N) is 2. The third-order valence-electron chi connectivity index (χ3n) is 6.29. The van der Waals surface area contributed by atoms with E-state index in [2.05, 4.69) is 29.3 Å². The maximum absolute atomic E-state index is 12.8. The molecule has 2 heterocycles. The van der Waals surface area contributed by atoms with Crippen LogP contribution in [-0.2, 0) is 11.2 Å². The Balaban J connectivity index is 1.49. The second-order valence-electron chi connectivity index (χ2n) is 8.29. The molecule has 1 N–H and O–H groups in total. The quantitative estimate of drug-likeness (QED) is 0.872. The minimum absolute atomic E-state index is 0.00664. The topological polar surface area (TPSA) is 52.7 Å². The molecule has 152 valence electrons. The molecule has 2 aliphatic rings. The molecular formula is C24H29N3O2. The number of hydrogen-bond donors (Lipinski definition) is 1. The van der Waals surface area contributed by atoms with Gasteiger partial charge in [0.15, 0.2) is 0 Å². The highest BCUT2D eigenvalue weighted by molar-refractivity contribution is 6.02. The van der Waals surface area contributed by atoms with Crippen molar-refractivity contribution in [1.82, 2.24) is 10.2 Å². The van der Waals surface area contributed by atoms with Gasteiger partial charge in [-0.1, -0.05) is 41.5 Å². The Kier molecular flexibility index (Phi) is 5.07. The number of hydrogen-bond acceptors (Lipinski definition) is 3.